The molecule has 10 heteroatoms. The highest BCUT2D eigenvalue weighted by Crippen LogP contribution is 2.31. The highest BCUT2D eigenvalue weighted by Gasteiger charge is 2.17. The van der Waals surface area contributed by atoms with Gasteiger partial charge in [0.05, 0.1) is 6.20 Å². The summed E-state index contributed by atoms with van der Waals surface area (Å²) in [5.74, 6) is 0.785. The van der Waals surface area contributed by atoms with E-state index in [1.807, 2.05) is 6.07 Å². The van der Waals surface area contributed by atoms with Crippen molar-refractivity contribution in [2.75, 3.05) is 5.32 Å². The van der Waals surface area contributed by atoms with Gasteiger partial charge in [-0.3, -0.25) is 14.6 Å². The number of aryl methyl sites for hydroxylation is 1. The number of sulfonamides is 1. The van der Waals surface area contributed by atoms with Gasteiger partial charge in [-0.1, -0.05) is 25.7 Å². The average molecular weight is 380 g/mol. The Morgan fingerprint density at radius 2 is 2.04 bits per heavy atom. The zero-order valence-corrected chi connectivity index (χ0v) is 15.3. The second kappa shape index (κ2) is 8.00. The molecule has 4 N–H and O–H groups in total. The second-order valence-electron chi connectivity index (χ2n) is 6.68. The minimum atomic E-state index is -3.78. The van der Waals surface area contributed by atoms with Crippen LogP contribution in [-0.2, 0) is 21.4 Å². The maximum absolute atomic E-state index is 12.1. The SMILES string of the molecule is NS(=O)(=O)c1cnn(CCC(=O)Nc2cc(C3CCCCCC3)[nH]n2)c1. The fraction of sp³-hybridized carbons (Fsp3) is 0.562. The second-order valence-corrected chi connectivity index (χ2v) is 8.24. The standard InChI is InChI=1S/C16H24N6O3S/c17-26(24,25)13-10-18-22(11-13)8-7-16(23)19-15-9-14(20-21-15)12-5-3-1-2-4-6-12/h9-12H,1-8H2,(H2,17,24,25)(H2,19,20,21,23). The molecule has 1 saturated carbocycles. The molecule has 0 saturated heterocycles. The molecule has 2 aromatic rings. The van der Waals surface area contributed by atoms with E-state index in [1.54, 1.807) is 0 Å². The Hall–Kier alpha value is -2.20. The van der Waals surface area contributed by atoms with Crippen LogP contribution in [0.2, 0.25) is 0 Å². The first-order valence-electron chi connectivity index (χ1n) is 8.82. The maximum atomic E-state index is 12.1. The summed E-state index contributed by atoms with van der Waals surface area (Å²) in [6, 6.07) is 1.90. The molecule has 1 amide bonds. The Morgan fingerprint density at radius 1 is 1.31 bits per heavy atom. The van der Waals surface area contributed by atoms with E-state index in [2.05, 4.69) is 20.6 Å². The first-order valence-corrected chi connectivity index (χ1v) is 10.4. The lowest BCUT2D eigenvalue weighted by molar-refractivity contribution is -0.116. The lowest BCUT2D eigenvalue weighted by atomic mass is 9.97. The molecular weight excluding hydrogens is 356 g/mol. The van der Waals surface area contributed by atoms with Crippen molar-refractivity contribution < 1.29 is 13.2 Å². The van der Waals surface area contributed by atoms with E-state index >= 15 is 0 Å². The molecule has 1 fully saturated rings. The highest BCUT2D eigenvalue weighted by atomic mass is 32.2. The Bertz CT molecular complexity index is 849. The predicted molar refractivity (Wildman–Crippen MR) is 95.9 cm³/mol. The van der Waals surface area contributed by atoms with Crippen LogP contribution in [0.3, 0.4) is 0 Å². The van der Waals surface area contributed by atoms with Crippen LogP contribution in [0.15, 0.2) is 23.4 Å². The largest absolute Gasteiger partial charge is 0.309 e. The number of rotatable bonds is 6. The number of H-pyrrole nitrogens is 1. The number of aromatic amines is 1. The van der Waals surface area contributed by atoms with Gasteiger partial charge in [-0.2, -0.15) is 10.2 Å². The van der Waals surface area contributed by atoms with Crippen molar-refractivity contribution in [3.05, 3.63) is 24.2 Å². The summed E-state index contributed by atoms with van der Waals surface area (Å²) >= 11 is 0. The summed E-state index contributed by atoms with van der Waals surface area (Å²) in [5.41, 5.74) is 1.08. The molecule has 0 unspecified atom stereocenters. The molecule has 2 heterocycles. The number of aromatic nitrogens is 4. The lowest BCUT2D eigenvalue weighted by Crippen LogP contribution is -2.15. The van der Waals surface area contributed by atoms with Gasteiger partial charge >= 0.3 is 0 Å². The smallest absolute Gasteiger partial charge is 0.241 e. The number of nitrogens with zero attached hydrogens (tertiary/aromatic N) is 3. The molecule has 0 bridgehead atoms. The van der Waals surface area contributed by atoms with Gasteiger partial charge in [0.25, 0.3) is 0 Å². The van der Waals surface area contributed by atoms with E-state index in [0.29, 0.717) is 11.7 Å². The van der Waals surface area contributed by atoms with Crippen LogP contribution in [0.25, 0.3) is 0 Å². The predicted octanol–water partition coefficient (Wildman–Crippen LogP) is 1.72. The Labute approximate surface area is 152 Å². The molecule has 0 spiro atoms. The van der Waals surface area contributed by atoms with E-state index in [1.165, 1.54) is 42.8 Å². The van der Waals surface area contributed by atoms with Gasteiger partial charge in [0.15, 0.2) is 5.82 Å². The van der Waals surface area contributed by atoms with Gasteiger partial charge in [0.1, 0.15) is 4.90 Å². The molecule has 26 heavy (non-hydrogen) atoms. The van der Waals surface area contributed by atoms with Gasteiger partial charge in [-0.05, 0) is 12.8 Å². The molecular formula is C16H24N6O3S. The van der Waals surface area contributed by atoms with Gasteiger partial charge in [0.2, 0.25) is 15.9 Å². The van der Waals surface area contributed by atoms with Gasteiger partial charge in [-0.15, -0.1) is 0 Å². The average Bonchev–Trinajstić information content (AvgIpc) is 3.16. The zero-order chi connectivity index (χ0) is 18.6. The van der Waals surface area contributed by atoms with Crippen molar-refractivity contribution >= 4 is 21.7 Å². The highest BCUT2D eigenvalue weighted by molar-refractivity contribution is 7.89. The summed E-state index contributed by atoms with van der Waals surface area (Å²) in [4.78, 5) is 12.0. The number of hydrogen-bond acceptors (Lipinski definition) is 5. The molecule has 2 aromatic heterocycles. The number of carbonyl (C=O) groups excluding carboxylic acids is 1. The third kappa shape index (κ3) is 4.92. The molecule has 1 aliphatic rings. The summed E-state index contributed by atoms with van der Waals surface area (Å²) in [6.07, 6.45) is 9.97. The first-order chi connectivity index (χ1) is 12.4. The summed E-state index contributed by atoms with van der Waals surface area (Å²) in [5, 5.41) is 18.9. The van der Waals surface area contributed by atoms with Crippen LogP contribution in [0.4, 0.5) is 5.82 Å². The van der Waals surface area contributed by atoms with E-state index in [9.17, 15) is 13.2 Å². The zero-order valence-electron chi connectivity index (χ0n) is 14.5. The van der Waals surface area contributed by atoms with E-state index in [4.69, 9.17) is 5.14 Å². The maximum Gasteiger partial charge on any atom is 0.241 e. The molecule has 1 aliphatic carbocycles. The molecule has 0 aliphatic heterocycles. The number of nitrogens with one attached hydrogen (secondary N) is 2. The topological polar surface area (TPSA) is 136 Å². The minimum absolute atomic E-state index is 0.0711. The normalized spacial score (nSPS) is 16.3. The molecule has 0 radical (unpaired) electrons. The lowest BCUT2D eigenvalue weighted by Gasteiger charge is -2.10. The quantitative estimate of drug-likeness (QED) is 0.656. The fourth-order valence-electron chi connectivity index (χ4n) is 3.24. The van der Waals surface area contributed by atoms with Crippen LogP contribution >= 0.6 is 0 Å². The Morgan fingerprint density at radius 3 is 2.69 bits per heavy atom. The van der Waals surface area contributed by atoms with Crippen molar-refractivity contribution in [1.82, 2.24) is 20.0 Å². The third-order valence-corrected chi connectivity index (χ3v) is 5.53. The molecule has 0 atom stereocenters. The van der Waals surface area contributed by atoms with Crippen LogP contribution in [0, 0.1) is 0 Å². The number of amides is 1. The number of hydrogen-bond donors (Lipinski definition) is 3. The van der Waals surface area contributed by atoms with Crippen molar-refractivity contribution in [1.29, 1.82) is 0 Å². The van der Waals surface area contributed by atoms with Crippen LogP contribution in [-0.4, -0.2) is 34.3 Å². The van der Waals surface area contributed by atoms with Gasteiger partial charge < -0.3 is 5.32 Å². The summed E-state index contributed by atoms with van der Waals surface area (Å²) < 4.78 is 23.8. The summed E-state index contributed by atoms with van der Waals surface area (Å²) in [6.45, 7) is 0.251. The van der Waals surface area contributed by atoms with Crippen molar-refractivity contribution in [2.45, 2.75) is 62.3 Å². The molecule has 3 rings (SSSR count). The van der Waals surface area contributed by atoms with Crippen LogP contribution in [0.1, 0.15) is 56.6 Å². The molecule has 0 aromatic carbocycles. The van der Waals surface area contributed by atoms with Crippen molar-refractivity contribution in [3.8, 4) is 0 Å². The number of carbonyl (C=O) groups is 1. The fourth-order valence-corrected chi connectivity index (χ4v) is 3.70. The number of nitrogens with two attached hydrogens (primary N) is 1. The third-order valence-electron chi connectivity index (χ3n) is 4.67. The number of anilines is 1. The Kier molecular flexibility index (Phi) is 5.72. The Balaban J connectivity index is 1.51. The monoisotopic (exact) mass is 380 g/mol. The van der Waals surface area contributed by atoms with Crippen LogP contribution < -0.4 is 10.5 Å². The molecule has 9 nitrogen and oxygen atoms in total. The number of primary sulfonamides is 1. The van der Waals surface area contributed by atoms with Crippen molar-refractivity contribution in [3.63, 3.8) is 0 Å². The van der Waals surface area contributed by atoms with E-state index < -0.39 is 10.0 Å². The van der Waals surface area contributed by atoms with E-state index in [0.717, 1.165) is 18.5 Å². The van der Waals surface area contributed by atoms with Gasteiger partial charge in [-0.25, -0.2) is 13.6 Å². The minimum Gasteiger partial charge on any atom is -0.309 e. The molecule has 142 valence electrons. The van der Waals surface area contributed by atoms with Crippen LogP contribution in [0.5, 0.6) is 0 Å². The van der Waals surface area contributed by atoms with Crippen molar-refractivity contribution in [2.24, 2.45) is 5.14 Å². The van der Waals surface area contributed by atoms with Gasteiger partial charge in [0, 0.05) is 36.8 Å². The van der Waals surface area contributed by atoms with E-state index in [-0.39, 0.29) is 23.8 Å². The first kappa shape index (κ1) is 18.6. The summed E-state index contributed by atoms with van der Waals surface area (Å²) in [7, 11) is -3.78.